The molecule has 0 fully saturated rings. The third-order valence-electron chi connectivity index (χ3n) is 6.01. The summed E-state index contributed by atoms with van der Waals surface area (Å²) < 4.78 is 25.7. The molecule has 3 aromatic rings. The Balaban J connectivity index is 2.14. The molecule has 0 aliphatic carbocycles. The Labute approximate surface area is 249 Å². The van der Waals surface area contributed by atoms with Gasteiger partial charge in [0, 0.05) is 11.1 Å². The quantitative estimate of drug-likeness (QED) is 0.192. The van der Waals surface area contributed by atoms with Gasteiger partial charge in [-0.25, -0.2) is 0 Å². The molecule has 0 bridgehead atoms. The van der Waals surface area contributed by atoms with E-state index in [0.29, 0.717) is 20.4 Å². The van der Waals surface area contributed by atoms with Gasteiger partial charge in [0.2, 0.25) is 0 Å². The van der Waals surface area contributed by atoms with Crippen LogP contribution in [0.5, 0.6) is 17.2 Å². The van der Waals surface area contributed by atoms with Crippen molar-refractivity contribution in [3.8, 4) is 17.2 Å². The van der Waals surface area contributed by atoms with Gasteiger partial charge in [-0.2, -0.15) is 0 Å². The van der Waals surface area contributed by atoms with Crippen LogP contribution in [-0.4, -0.2) is 25.3 Å². The van der Waals surface area contributed by atoms with Crippen LogP contribution in [0, 0.1) is 6.92 Å². The molecule has 0 saturated heterocycles. The summed E-state index contributed by atoms with van der Waals surface area (Å²) >= 11 is 7.33. The Morgan fingerprint density at radius 1 is 0.846 bits per heavy atom. The molecular weight excluding hydrogens is 624 g/mol. The number of ether oxygens (including phenoxy) is 4. The molecule has 3 rings (SSSR count). The Morgan fingerprint density at radius 3 is 2.03 bits per heavy atom. The van der Waals surface area contributed by atoms with E-state index in [-0.39, 0.29) is 36.6 Å². The van der Waals surface area contributed by atoms with Gasteiger partial charge in [-0.3, -0.25) is 4.79 Å². The molecular formula is C32H38Br2O5. The number of carbonyl (C=O) groups is 1. The molecule has 1 atom stereocenters. The van der Waals surface area contributed by atoms with Crippen molar-refractivity contribution in [3.63, 3.8) is 0 Å². The van der Waals surface area contributed by atoms with Crippen LogP contribution in [-0.2, 0) is 20.7 Å². The van der Waals surface area contributed by atoms with Gasteiger partial charge in [0.15, 0.2) is 5.75 Å². The average molecular weight is 662 g/mol. The third kappa shape index (κ3) is 8.32. The van der Waals surface area contributed by atoms with E-state index in [4.69, 9.17) is 18.9 Å². The molecule has 0 aromatic heterocycles. The lowest BCUT2D eigenvalue weighted by atomic mass is 9.94. The Morgan fingerprint density at radius 2 is 1.49 bits per heavy atom. The second-order valence-corrected chi connectivity index (χ2v) is 12.2. The first kappa shape index (κ1) is 31.2. The number of esters is 1. The molecule has 210 valence electrons. The van der Waals surface area contributed by atoms with E-state index >= 15 is 0 Å². The first-order valence-corrected chi connectivity index (χ1v) is 14.8. The van der Waals surface area contributed by atoms with E-state index in [1.165, 1.54) is 0 Å². The highest BCUT2D eigenvalue weighted by atomic mass is 79.9. The summed E-state index contributed by atoms with van der Waals surface area (Å²) in [5.74, 6) is 1.99. The molecule has 0 aliphatic heterocycles. The molecule has 1 unspecified atom stereocenters. The SMILES string of the molecule is COc1cc(C(OC(C)C)c2cccc(C)c2)c(Oc2c(Br)cc(CC(=O)OC(C)C)cc2Br)cc1C(C)C. The predicted molar refractivity (Wildman–Crippen MR) is 163 cm³/mol. The molecule has 0 aliphatic rings. The lowest BCUT2D eigenvalue weighted by Gasteiger charge is -2.26. The van der Waals surface area contributed by atoms with Crippen LogP contribution in [0.25, 0.3) is 0 Å². The highest BCUT2D eigenvalue weighted by molar-refractivity contribution is 9.11. The van der Waals surface area contributed by atoms with Crippen molar-refractivity contribution in [1.82, 2.24) is 0 Å². The summed E-state index contributed by atoms with van der Waals surface area (Å²) in [6.07, 6.45) is -0.399. The maximum absolute atomic E-state index is 12.2. The van der Waals surface area contributed by atoms with E-state index in [1.54, 1.807) is 7.11 Å². The number of rotatable bonds is 11. The topological polar surface area (TPSA) is 54.0 Å². The minimum Gasteiger partial charge on any atom is -0.496 e. The summed E-state index contributed by atoms with van der Waals surface area (Å²) in [6.45, 7) is 14.1. The fraction of sp³-hybridized carbons (Fsp3) is 0.406. The van der Waals surface area contributed by atoms with E-state index in [2.05, 4.69) is 70.8 Å². The fourth-order valence-electron chi connectivity index (χ4n) is 4.34. The van der Waals surface area contributed by atoms with E-state index in [1.807, 2.05) is 58.0 Å². The van der Waals surface area contributed by atoms with E-state index in [9.17, 15) is 4.79 Å². The highest BCUT2D eigenvalue weighted by Crippen LogP contribution is 2.45. The maximum Gasteiger partial charge on any atom is 0.310 e. The number of aryl methyl sites for hydroxylation is 1. The second-order valence-electron chi connectivity index (χ2n) is 10.5. The molecule has 39 heavy (non-hydrogen) atoms. The van der Waals surface area contributed by atoms with Gasteiger partial charge in [0.25, 0.3) is 0 Å². The van der Waals surface area contributed by atoms with Crippen molar-refractivity contribution in [2.75, 3.05) is 7.11 Å². The molecule has 0 N–H and O–H groups in total. The summed E-state index contributed by atoms with van der Waals surface area (Å²) in [6, 6.07) is 16.2. The molecule has 0 amide bonds. The summed E-state index contributed by atoms with van der Waals surface area (Å²) in [4.78, 5) is 12.2. The van der Waals surface area contributed by atoms with Gasteiger partial charge >= 0.3 is 5.97 Å². The van der Waals surface area contributed by atoms with Crippen LogP contribution in [0.4, 0.5) is 0 Å². The zero-order valence-corrected chi connectivity index (χ0v) is 27.1. The number of halogens is 2. The predicted octanol–water partition coefficient (Wildman–Crippen LogP) is 9.45. The molecule has 0 heterocycles. The van der Waals surface area contributed by atoms with Crippen LogP contribution in [0.15, 0.2) is 57.5 Å². The standard InChI is InChI=1S/C32H38Br2O5/c1-18(2)24-16-29(39-32-26(33)13-22(14-27(32)34)15-30(35)37-19(3)4)25(17-28(24)36-8)31(38-20(5)6)23-11-9-10-21(7)12-23/h9-14,16-20,31H,15H2,1-8H3. The fourth-order valence-corrected chi connectivity index (χ4v) is 5.79. The van der Waals surface area contributed by atoms with Crippen LogP contribution < -0.4 is 9.47 Å². The Bertz CT molecular complexity index is 1280. The van der Waals surface area contributed by atoms with Crippen LogP contribution in [0.2, 0.25) is 0 Å². The molecule has 3 aromatic carbocycles. The largest absolute Gasteiger partial charge is 0.496 e. The van der Waals surface area contributed by atoms with Crippen LogP contribution in [0.1, 0.15) is 81.4 Å². The van der Waals surface area contributed by atoms with E-state index in [0.717, 1.165) is 33.6 Å². The maximum atomic E-state index is 12.2. The number of hydrogen-bond donors (Lipinski definition) is 0. The van der Waals surface area contributed by atoms with Gasteiger partial charge in [-0.15, -0.1) is 0 Å². The second kappa shape index (κ2) is 13.8. The molecule has 0 saturated carbocycles. The molecule has 5 nitrogen and oxygen atoms in total. The number of carbonyl (C=O) groups excluding carboxylic acids is 1. The zero-order valence-electron chi connectivity index (χ0n) is 23.9. The first-order valence-electron chi connectivity index (χ1n) is 13.2. The third-order valence-corrected chi connectivity index (χ3v) is 7.18. The van der Waals surface area contributed by atoms with Crippen molar-refractivity contribution >= 4 is 37.8 Å². The molecule has 0 spiro atoms. The molecule has 0 radical (unpaired) electrons. The Kier molecular flexibility index (Phi) is 11.1. The smallest absolute Gasteiger partial charge is 0.310 e. The van der Waals surface area contributed by atoms with Crippen molar-refractivity contribution < 1.29 is 23.7 Å². The molecule has 7 heteroatoms. The van der Waals surface area contributed by atoms with Crippen LogP contribution in [0.3, 0.4) is 0 Å². The van der Waals surface area contributed by atoms with E-state index < -0.39 is 0 Å². The zero-order chi connectivity index (χ0) is 28.9. The lowest BCUT2D eigenvalue weighted by Crippen LogP contribution is -2.14. The van der Waals surface area contributed by atoms with Gasteiger partial charge in [0.1, 0.15) is 17.6 Å². The minimum absolute atomic E-state index is 0.0255. The first-order chi connectivity index (χ1) is 18.4. The van der Waals surface area contributed by atoms with Crippen molar-refractivity contribution in [2.45, 2.75) is 79.1 Å². The number of hydrogen-bond acceptors (Lipinski definition) is 5. The normalized spacial score (nSPS) is 12.2. The van der Waals surface area contributed by atoms with Crippen molar-refractivity contribution in [3.05, 3.63) is 85.3 Å². The minimum atomic E-state index is -0.377. The van der Waals surface area contributed by atoms with Gasteiger partial charge in [-0.1, -0.05) is 43.7 Å². The van der Waals surface area contributed by atoms with Gasteiger partial charge in [0.05, 0.1) is 34.7 Å². The van der Waals surface area contributed by atoms with Gasteiger partial charge in [-0.05, 0) is 108 Å². The summed E-state index contributed by atoms with van der Waals surface area (Å²) in [7, 11) is 1.69. The van der Waals surface area contributed by atoms with Crippen LogP contribution >= 0.6 is 31.9 Å². The van der Waals surface area contributed by atoms with Crippen molar-refractivity contribution in [1.29, 1.82) is 0 Å². The van der Waals surface area contributed by atoms with Crippen molar-refractivity contribution in [2.24, 2.45) is 0 Å². The average Bonchev–Trinajstić information content (AvgIpc) is 2.83. The number of benzene rings is 3. The summed E-state index contributed by atoms with van der Waals surface area (Å²) in [5, 5.41) is 0. The Hall–Kier alpha value is -2.35. The van der Waals surface area contributed by atoms with Gasteiger partial charge < -0.3 is 18.9 Å². The number of methoxy groups -OCH3 is 1. The monoisotopic (exact) mass is 660 g/mol. The lowest BCUT2D eigenvalue weighted by molar-refractivity contribution is -0.146. The summed E-state index contributed by atoms with van der Waals surface area (Å²) in [5.41, 5.74) is 4.88. The highest BCUT2D eigenvalue weighted by Gasteiger charge is 2.26.